The lowest BCUT2D eigenvalue weighted by molar-refractivity contribution is 0.0696. The van der Waals surface area contributed by atoms with Crippen LogP contribution in [-0.4, -0.2) is 24.5 Å². The fourth-order valence-electron chi connectivity index (χ4n) is 1.51. The predicted octanol–water partition coefficient (Wildman–Crippen LogP) is 2.48. The van der Waals surface area contributed by atoms with E-state index in [4.69, 9.17) is 5.11 Å². The number of sulfonamides is 1. The van der Waals surface area contributed by atoms with Crippen LogP contribution in [0.4, 0.5) is 10.1 Å². The Bertz CT molecular complexity index is 811. The first-order chi connectivity index (χ1) is 9.81. The van der Waals surface area contributed by atoms with E-state index in [0.717, 1.165) is 12.1 Å². The lowest BCUT2D eigenvalue weighted by Gasteiger charge is -2.10. The summed E-state index contributed by atoms with van der Waals surface area (Å²) in [5.41, 5.74) is -0.150. The second-order valence-electron chi connectivity index (χ2n) is 3.91. The van der Waals surface area contributed by atoms with E-state index in [2.05, 4.69) is 25.6 Å². The number of rotatable bonds is 4. The largest absolute Gasteiger partial charge is 0.478 e. The molecule has 2 N–H and O–H groups in total. The second-order valence-corrected chi connectivity index (χ2v) is 6.42. The van der Waals surface area contributed by atoms with Crippen molar-refractivity contribution in [2.24, 2.45) is 0 Å². The molecule has 0 saturated heterocycles. The number of halogens is 2. The summed E-state index contributed by atoms with van der Waals surface area (Å²) in [5.74, 6) is -2.49. The van der Waals surface area contributed by atoms with Crippen molar-refractivity contribution in [1.29, 1.82) is 0 Å². The summed E-state index contributed by atoms with van der Waals surface area (Å²) in [5, 5.41) is 8.73. The Balaban J connectivity index is 2.41. The highest BCUT2D eigenvalue weighted by molar-refractivity contribution is 9.10. The summed E-state index contributed by atoms with van der Waals surface area (Å²) in [7, 11) is -4.18. The molecule has 9 heteroatoms. The van der Waals surface area contributed by atoms with Crippen molar-refractivity contribution in [3.05, 3.63) is 52.5 Å². The molecule has 1 aromatic carbocycles. The molecule has 0 saturated carbocycles. The number of hydrogen-bond acceptors (Lipinski definition) is 4. The molecule has 2 rings (SSSR count). The maximum Gasteiger partial charge on any atom is 0.335 e. The van der Waals surface area contributed by atoms with Crippen molar-refractivity contribution in [2.45, 2.75) is 4.90 Å². The molecule has 0 radical (unpaired) electrons. The van der Waals surface area contributed by atoms with Crippen LogP contribution in [0.2, 0.25) is 0 Å². The van der Waals surface area contributed by atoms with E-state index in [0.29, 0.717) is 10.5 Å². The summed E-state index contributed by atoms with van der Waals surface area (Å²) in [6.07, 6.45) is 2.74. The molecule has 1 aromatic heterocycles. The second kappa shape index (κ2) is 5.78. The molecule has 0 fully saturated rings. The topological polar surface area (TPSA) is 96.4 Å². The van der Waals surface area contributed by atoms with Crippen molar-refractivity contribution < 1.29 is 22.7 Å². The number of nitrogens with one attached hydrogen (secondary N) is 1. The molecule has 2 aromatic rings. The van der Waals surface area contributed by atoms with Gasteiger partial charge in [0.25, 0.3) is 10.0 Å². The molecule has 110 valence electrons. The maximum absolute atomic E-state index is 13.8. The van der Waals surface area contributed by atoms with Gasteiger partial charge in [0, 0.05) is 12.4 Å². The van der Waals surface area contributed by atoms with Crippen LogP contribution in [0.15, 0.2) is 46.0 Å². The minimum atomic E-state index is -4.18. The van der Waals surface area contributed by atoms with E-state index in [1.54, 1.807) is 0 Å². The summed E-state index contributed by atoms with van der Waals surface area (Å²) < 4.78 is 40.6. The summed E-state index contributed by atoms with van der Waals surface area (Å²) >= 11 is 3.11. The standard InChI is InChI=1S/C12H8BrFN2O4S/c13-8-6-15-4-3-10(8)16-21(19,20)11-2-1-7(12(17)18)5-9(11)14/h1-6H,(H,15,16)(H,17,18). The SMILES string of the molecule is O=C(O)c1ccc(S(=O)(=O)Nc2ccncc2Br)c(F)c1. The third-order valence-corrected chi connectivity index (χ3v) is 4.52. The third-order valence-electron chi connectivity index (χ3n) is 2.49. The van der Waals surface area contributed by atoms with Crippen molar-refractivity contribution in [3.8, 4) is 0 Å². The van der Waals surface area contributed by atoms with Crippen LogP contribution in [0.5, 0.6) is 0 Å². The zero-order valence-electron chi connectivity index (χ0n) is 10.2. The number of hydrogen-bond donors (Lipinski definition) is 2. The van der Waals surface area contributed by atoms with Gasteiger partial charge in [-0.25, -0.2) is 17.6 Å². The number of pyridine rings is 1. The molecule has 0 aliphatic carbocycles. The number of benzene rings is 1. The van der Waals surface area contributed by atoms with Gasteiger partial charge in [-0.15, -0.1) is 0 Å². The summed E-state index contributed by atoms with van der Waals surface area (Å²) in [4.78, 5) is 13.8. The normalized spacial score (nSPS) is 11.1. The number of carboxylic acids is 1. The fourth-order valence-corrected chi connectivity index (χ4v) is 3.13. The van der Waals surface area contributed by atoms with Gasteiger partial charge < -0.3 is 5.11 Å². The van der Waals surface area contributed by atoms with Gasteiger partial charge >= 0.3 is 5.97 Å². The van der Waals surface area contributed by atoms with Crippen molar-refractivity contribution in [1.82, 2.24) is 4.98 Å². The van der Waals surface area contributed by atoms with E-state index in [-0.39, 0.29) is 11.3 Å². The number of aromatic nitrogens is 1. The Morgan fingerprint density at radius 2 is 2.05 bits per heavy atom. The molecule has 0 unspecified atom stereocenters. The van der Waals surface area contributed by atoms with Gasteiger partial charge in [0.05, 0.1) is 15.7 Å². The van der Waals surface area contributed by atoms with E-state index in [1.807, 2.05) is 0 Å². The lowest BCUT2D eigenvalue weighted by atomic mass is 10.2. The van der Waals surface area contributed by atoms with Crippen LogP contribution in [0.1, 0.15) is 10.4 Å². The molecule has 0 amide bonds. The molecular weight excluding hydrogens is 367 g/mol. The number of carboxylic acid groups (broad SMARTS) is 1. The number of nitrogens with zero attached hydrogens (tertiary/aromatic N) is 1. The molecule has 21 heavy (non-hydrogen) atoms. The van der Waals surface area contributed by atoms with Gasteiger partial charge in [0.2, 0.25) is 0 Å². The summed E-state index contributed by atoms with van der Waals surface area (Å²) in [6.45, 7) is 0. The smallest absolute Gasteiger partial charge is 0.335 e. The van der Waals surface area contributed by atoms with Crippen LogP contribution in [0, 0.1) is 5.82 Å². The van der Waals surface area contributed by atoms with E-state index < -0.39 is 26.7 Å². The van der Waals surface area contributed by atoms with Gasteiger partial charge in [0.15, 0.2) is 0 Å². The Kier molecular flexibility index (Phi) is 4.24. The molecule has 0 spiro atoms. The van der Waals surface area contributed by atoms with Crippen LogP contribution in [0.3, 0.4) is 0 Å². The predicted molar refractivity (Wildman–Crippen MR) is 76.1 cm³/mol. The first-order valence-corrected chi connectivity index (χ1v) is 7.74. The molecule has 0 bridgehead atoms. The highest BCUT2D eigenvalue weighted by Crippen LogP contribution is 2.25. The van der Waals surface area contributed by atoms with Gasteiger partial charge in [-0.1, -0.05) is 0 Å². The van der Waals surface area contributed by atoms with Gasteiger partial charge in [-0.2, -0.15) is 0 Å². The van der Waals surface area contributed by atoms with Gasteiger partial charge in [-0.3, -0.25) is 9.71 Å². The van der Waals surface area contributed by atoms with E-state index in [1.165, 1.54) is 18.5 Å². The average molecular weight is 375 g/mol. The number of carbonyl (C=O) groups is 1. The Labute approximate surface area is 127 Å². The van der Waals surface area contributed by atoms with Crippen molar-refractivity contribution >= 4 is 37.6 Å². The maximum atomic E-state index is 13.8. The van der Waals surface area contributed by atoms with Gasteiger partial charge in [-0.05, 0) is 40.2 Å². The fraction of sp³-hybridized carbons (Fsp3) is 0. The highest BCUT2D eigenvalue weighted by atomic mass is 79.9. The zero-order chi connectivity index (χ0) is 15.6. The van der Waals surface area contributed by atoms with Crippen LogP contribution in [-0.2, 0) is 10.0 Å². The lowest BCUT2D eigenvalue weighted by Crippen LogP contribution is -2.15. The third kappa shape index (κ3) is 3.37. The molecule has 0 aliphatic heterocycles. The van der Waals surface area contributed by atoms with E-state index >= 15 is 0 Å². The Morgan fingerprint density at radius 3 is 2.62 bits per heavy atom. The van der Waals surface area contributed by atoms with Crippen LogP contribution in [0.25, 0.3) is 0 Å². The van der Waals surface area contributed by atoms with Crippen LogP contribution >= 0.6 is 15.9 Å². The monoisotopic (exact) mass is 374 g/mol. The molecular formula is C12H8BrFN2O4S. The van der Waals surface area contributed by atoms with Gasteiger partial charge in [0.1, 0.15) is 10.7 Å². The first-order valence-electron chi connectivity index (χ1n) is 5.46. The minimum absolute atomic E-state index is 0.187. The van der Waals surface area contributed by atoms with E-state index in [9.17, 15) is 17.6 Å². The molecule has 0 atom stereocenters. The number of anilines is 1. The summed E-state index contributed by atoms with van der Waals surface area (Å²) in [6, 6.07) is 3.96. The molecule has 6 nitrogen and oxygen atoms in total. The zero-order valence-corrected chi connectivity index (χ0v) is 12.6. The minimum Gasteiger partial charge on any atom is -0.478 e. The quantitative estimate of drug-likeness (QED) is 0.856. The molecule has 1 heterocycles. The number of aromatic carboxylic acids is 1. The highest BCUT2D eigenvalue weighted by Gasteiger charge is 2.21. The van der Waals surface area contributed by atoms with Crippen molar-refractivity contribution in [3.63, 3.8) is 0 Å². The average Bonchev–Trinajstić information content (AvgIpc) is 2.40. The van der Waals surface area contributed by atoms with Crippen molar-refractivity contribution in [2.75, 3.05) is 4.72 Å². The Morgan fingerprint density at radius 1 is 1.33 bits per heavy atom. The van der Waals surface area contributed by atoms with Crippen LogP contribution < -0.4 is 4.72 Å². The first kappa shape index (κ1) is 15.4. The molecule has 0 aliphatic rings. The Hall–Kier alpha value is -2.00.